The standard InChI is InChI=1S/C15H19N3O7S/c1-10(15(20)21)16-14(19)11-3-2-8-17(9-11)26(24,25)13-6-4-12(5-7-13)18(22)23/h4-7,10-11H,2-3,8-9H2,1H3,(H,16,19)(H,20,21)/t10-,11?/m0/s1. The molecule has 0 aromatic heterocycles. The molecule has 1 aromatic rings. The van der Waals surface area contributed by atoms with E-state index in [1.807, 2.05) is 0 Å². The van der Waals surface area contributed by atoms with Gasteiger partial charge >= 0.3 is 5.97 Å². The third kappa shape index (κ3) is 4.35. The number of carboxylic acid groups (broad SMARTS) is 1. The number of nitro benzene ring substituents is 1. The van der Waals surface area contributed by atoms with E-state index in [1.165, 1.54) is 6.92 Å². The Morgan fingerprint density at radius 2 is 1.96 bits per heavy atom. The number of carboxylic acids is 1. The van der Waals surface area contributed by atoms with Gasteiger partial charge in [0.05, 0.1) is 15.7 Å². The Bertz CT molecular complexity index is 807. The van der Waals surface area contributed by atoms with Gasteiger partial charge in [-0.25, -0.2) is 8.42 Å². The van der Waals surface area contributed by atoms with Gasteiger partial charge in [0.15, 0.2) is 0 Å². The van der Waals surface area contributed by atoms with E-state index in [-0.39, 0.29) is 23.7 Å². The van der Waals surface area contributed by atoms with Gasteiger partial charge in [-0.3, -0.25) is 19.7 Å². The molecule has 26 heavy (non-hydrogen) atoms. The average Bonchev–Trinajstić information content (AvgIpc) is 2.61. The highest BCUT2D eigenvalue weighted by Crippen LogP contribution is 2.25. The fourth-order valence-corrected chi connectivity index (χ4v) is 4.18. The molecule has 1 amide bonds. The fraction of sp³-hybridized carbons (Fsp3) is 0.467. The Labute approximate surface area is 150 Å². The molecule has 0 spiro atoms. The van der Waals surface area contributed by atoms with Crippen molar-refractivity contribution in [3.8, 4) is 0 Å². The third-order valence-corrected chi connectivity index (χ3v) is 6.05. The van der Waals surface area contributed by atoms with Gasteiger partial charge in [-0.1, -0.05) is 0 Å². The monoisotopic (exact) mass is 385 g/mol. The van der Waals surface area contributed by atoms with Gasteiger partial charge in [-0.05, 0) is 31.9 Å². The first-order valence-corrected chi connectivity index (χ1v) is 9.34. The van der Waals surface area contributed by atoms with E-state index in [0.717, 1.165) is 28.6 Å². The molecule has 142 valence electrons. The minimum absolute atomic E-state index is 0.0719. The normalized spacial score (nSPS) is 19.5. The molecule has 1 unspecified atom stereocenters. The topological polar surface area (TPSA) is 147 Å². The number of benzene rings is 1. The van der Waals surface area contributed by atoms with Crippen LogP contribution in [0.4, 0.5) is 5.69 Å². The summed E-state index contributed by atoms with van der Waals surface area (Å²) in [5, 5.41) is 21.9. The van der Waals surface area contributed by atoms with Crippen LogP contribution in [0, 0.1) is 16.0 Å². The zero-order valence-electron chi connectivity index (χ0n) is 14.0. The van der Waals surface area contributed by atoms with Crippen molar-refractivity contribution in [2.75, 3.05) is 13.1 Å². The molecule has 0 saturated carbocycles. The molecule has 11 heteroatoms. The minimum Gasteiger partial charge on any atom is -0.480 e. The van der Waals surface area contributed by atoms with Gasteiger partial charge in [-0.15, -0.1) is 0 Å². The Kier molecular flexibility index (Phi) is 5.93. The lowest BCUT2D eigenvalue weighted by Gasteiger charge is -2.31. The number of piperidine rings is 1. The molecule has 2 atom stereocenters. The SMILES string of the molecule is C[C@H](NC(=O)C1CCCN(S(=O)(=O)c2ccc([N+](=O)[O-])cc2)C1)C(=O)O. The second-order valence-corrected chi connectivity index (χ2v) is 7.96. The number of nitrogens with zero attached hydrogens (tertiary/aromatic N) is 2. The molecule has 1 saturated heterocycles. The summed E-state index contributed by atoms with van der Waals surface area (Å²) in [5.74, 6) is -2.34. The zero-order valence-corrected chi connectivity index (χ0v) is 14.8. The van der Waals surface area contributed by atoms with Crippen molar-refractivity contribution in [1.29, 1.82) is 0 Å². The first-order valence-electron chi connectivity index (χ1n) is 7.90. The van der Waals surface area contributed by atoms with E-state index in [9.17, 15) is 28.1 Å². The quantitative estimate of drug-likeness (QED) is 0.538. The molecule has 1 aromatic carbocycles. The highest BCUT2D eigenvalue weighted by Gasteiger charge is 2.34. The third-order valence-electron chi connectivity index (χ3n) is 4.17. The Hall–Kier alpha value is -2.53. The van der Waals surface area contributed by atoms with Crippen molar-refractivity contribution in [2.24, 2.45) is 5.92 Å². The second kappa shape index (κ2) is 7.79. The number of hydrogen-bond acceptors (Lipinski definition) is 6. The summed E-state index contributed by atoms with van der Waals surface area (Å²) in [5.41, 5.74) is -0.220. The van der Waals surface area contributed by atoms with Gasteiger partial charge in [0.1, 0.15) is 6.04 Å². The zero-order chi connectivity index (χ0) is 19.5. The first-order chi connectivity index (χ1) is 12.1. The summed E-state index contributed by atoms with van der Waals surface area (Å²) in [6.07, 6.45) is 0.899. The number of carbonyl (C=O) groups is 2. The molecular formula is C15H19N3O7S. The number of sulfonamides is 1. The maximum atomic E-state index is 12.7. The maximum absolute atomic E-state index is 12.7. The number of carbonyl (C=O) groups excluding carboxylic acids is 1. The van der Waals surface area contributed by atoms with E-state index in [2.05, 4.69) is 5.32 Å². The second-order valence-electron chi connectivity index (χ2n) is 6.02. The number of nitro groups is 1. The minimum atomic E-state index is -3.90. The highest BCUT2D eigenvalue weighted by atomic mass is 32.2. The van der Waals surface area contributed by atoms with E-state index in [1.54, 1.807) is 0 Å². The van der Waals surface area contributed by atoms with Crippen molar-refractivity contribution in [3.05, 3.63) is 34.4 Å². The van der Waals surface area contributed by atoms with E-state index in [0.29, 0.717) is 12.8 Å². The van der Waals surface area contributed by atoms with Crippen molar-refractivity contribution in [1.82, 2.24) is 9.62 Å². The smallest absolute Gasteiger partial charge is 0.325 e. The van der Waals surface area contributed by atoms with Crippen molar-refractivity contribution < 1.29 is 28.0 Å². The largest absolute Gasteiger partial charge is 0.480 e. The Morgan fingerprint density at radius 1 is 1.35 bits per heavy atom. The Balaban J connectivity index is 2.13. The van der Waals surface area contributed by atoms with Crippen molar-refractivity contribution in [2.45, 2.75) is 30.7 Å². The molecule has 1 fully saturated rings. The van der Waals surface area contributed by atoms with Crippen LogP contribution in [-0.4, -0.2) is 53.8 Å². The lowest BCUT2D eigenvalue weighted by Crippen LogP contribution is -2.48. The number of aliphatic carboxylic acids is 1. The highest BCUT2D eigenvalue weighted by molar-refractivity contribution is 7.89. The molecule has 0 bridgehead atoms. The fourth-order valence-electron chi connectivity index (χ4n) is 2.66. The van der Waals surface area contributed by atoms with Crippen LogP contribution < -0.4 is 5.32 Å². The molecule has 10 nitrogen and oxygen atoms in total. The molecule has 2 rings (SSSR count). The molecule has 1 aliphatic rings. The molecule has 2 N–H and O–H groups in total. The lowest BCUT2D eigenvalue weighted by molar-refractivity contribution is -0.384. The first kappa shape index (κ1) is 19.8. The summed E-state index contributed by atoms with van der Waals surface area (Å²) in [6.45, 7) is 1.48. The van der Waals surface area contributed by atoms with Crippen LogP contribution in [0.2, 0.25) is 0 Å². The van der Waals surface area contributed by atoms with Crippen LogP contribution >= 0.6 is 0 Å². The van der Waals surface area contributed by atoms with Crippen LogP contribution in [0.1, 0.15) is 19.8 Å². The van der Waals surface area contributed by atoms with E-state index in [4.69, 9.17) is 5.11 Å². The molecule has 1 heterocycles. The van der Waals surface area contributed by atoms with Gasteiger partial charge in [0.25, 0.3) is 5.69 Å². The average molecular weight is 385 g/mol. The number of amides is 1. The lowest BCUT2D eigenvalue weighted by atomic mass is 9.98. The molecule has 0 aliphatic carbocycles. The predicted octanol–water partition coefficient (Wildman–Crippen LogP) is 0.585. The molecule has 1 aliphatic heterocycles. The molecule has 0 radical (unpaired) electrons. The van der Waals surface area contributed by atoms with Gasteiger partial charge in [0, 0.05) is 25.2 Å². The van der Waals surface area contributed by atoms with Crippen LogP contribution in [0.3, 0.4) is 0 Å². The van der Waals surface area contributed by atoms with E-state index >= 15 is 0 Å². The number of hydrogen-bond donors (Lipinski definition) is 2. The predicted molar refractivity (Wildman–Crippen MR) is 89.8 cm³/mol. The Morgan fingerprint density at radius 3 is 2.50 bits per heavy atom. The van der Waals surface area contributed by atoms with Crippen LogP contribution in [0.15, 0.2) is 29.2 Å². The number of rotatable bonds is 6. The van der Waals surface area contributed by atoms with Crippen LogP contribution in [0.5, 0.6) is 0 Å². The van der Waals surface area contributed by atoms with Crippen molar-refractivity contribution in [3.63, 3.8) is 0 Å². The van der Waals surface area contributed by atoms with Gasteiger partial charge < -0.3 is 10.4 Å². The van der Waals surface area contributed by atoms with Crippen molar-refractivity contribution >= 4 is 27.6 Å². The number of nitrogens with one attached hydrogen (secondary N) is 1. The van der Waals surface area contributed by atoms with Gasteiger partial charge in [-0.2, -0.15) is 4.31 Å². The number of non-ortho nitro benzene ring substituents is 1. The van der Waals surface area contributed by atoms with E-state index < -0.39 is 38.8 Å². The summed E-state index contributed by atoms with van der Waals surface area (Å²) in [7, 11) is -3.90. The maximum Gasteiger partial charge on any atom is 0.325 e. The summed E-state index contributed by atoms with van der Waals surface area (Å²) in [6, 6.07) is 3.46. The molecular weight excluding hydrogens is 366 g/mol. The summed E-state index contributed by atoms with van der Waals surface area (Å²) < 4.78 is 26.5. The van der Waals surface area contributed by atoms with Crippen LogP contribution in [0.25, 0.3) is 0 Å². The van der Waals surface area contributed by atoms with Gasteiger partial charge in [0.2, 0.25) is 15.9 Å². The van der Waals surface area contributed by atoms with Crippen LogP contribution in [-0.2, 0) is 19.6 Å². The summed E-state index contributed by atoms with van der Waals surface area (Å²) in [4.78, 5) is 33.0. The summed E-state index contributed by atoms with van der Waals surface area (Å²) >= 11 is 0.